The Morgan fingerprint density at radius 3 is 2.30 bits per heavy atom. The lowest BCUT2D eigenvalue weighted by atomic mass is 9.87. The van der Waals surface area contributed by atoms with E-state index in [0.717, 1.165) is 4.90 Å². The zero-order valence-corrected chi connectivity index (χ0v) is 15.2. The van der Waals surface area contributed by atoms with Crippen LogP contribution in [0.25, 0.3) is 0 Å². The summed E-state index contributed by atoms with van der Waals surface area (Å²) in [5.41, 5.74) is 0.418. The first-order valence-corrected chi connectivity index (χ1v) is 8.66. The molecule has 0 unspecified atom stereocenters. The molecule has 9 heteroatoms. The Bertz CT molecular complexity index is 754. The van der Waals surface area contributed by atoms with E-state index >= 15 is 0 Å². The summed E-state index contributed by atoms with van der Waals surface area (Å²) in [6.45, 7) is 3.54. The van der Waals surface area contributed by atoms with E-state index in [4.69, 9.17) is 4.84 Å². The Labute approximate surface area is 156 Å². The van der Waals surface area contributed by atoms with Crippen molar-refractivity contribution < 1.29 is 24.1 Å². The van der Waals surface area contributed by atoms with Crippen molar-refractivity contribution in [3.8, 4) is 0 Å². The number of nitrogens with zero attached hydrogens (tertiary/aromatic N) is 3. The minimum atomic E-state index is -0.989. The highest BCUT2D eigenvalue weighted by Crippen LogP contribution is 2.19. The highest BCUT2D eigenvalue weighted by Gasteiger charge is 2.39. The maximum absolute atomic E-state index is 12.5. The molecule has 1 aliphatic heterocycles. The van der Waals surface area contributed by atoms with Crippen LogP contribution in [0.1, 0.15) is 37.0 Å². The van der Waals surface area contributed by atoms with Crippen LogP contribution in [0.2, 0.25) is 0 Å². The summed E-state index contributed by atoms with van der Waals surface area (Å²) in [6, 6.07) is 5.02. The molecule has 1 amide bonds. The van der Waals surface area contributed by atoms with Crippen molar-refractivity contribution >= 4 is 28.9 Å². The number of nitro benzene ring substituents is 1. The van der Waals surface area contributed by atoms with E-state index < -0.39 is 28.3 Å². The molecule has 1 aliphatic rings. The maximum atomic E-state index is 12.5. The number of Topliss-reactive ketones (excluding diaryl/α,β-unsaturated/α-hetero) is 2. The minimum Gasteiger partial charge on any atom is -0.396 e. The van der Waals surface area contributed by atoms with Crippen molar-refractivity contribution in [2.24, 2.45) is 11.1 Å². The van der Waals surface area contributed by atoms with Crippen molar-refractivity contribution in [2.75, 3.05) is 19.7 Å². The molecule has 0 N–H and O–H groups in total. The Hall–Kier alpha value is -3.10. The van der Waals surface area contributed by atoms with Gasteiger partial charge in [0.25, 0.3) is 11.6 Å². The first kappa shape index (κ1) is 20.2. The third kappa shape index (κ3) is 4.75. The topological polar surface area (TPSA) is 119 Å². The Morgan fingerprint density at radius 2 is 1.81 bits per heavy atom. The predicted octanol–water partition coefficient (Wildman–Crippen LogP) is 2.00. The van der Waals surface area contributed by atoms with Gasteiger partial charge in [0.1, 0.15) is 12.5 Å². The van der Waals surface area contributed by atoms with E-state index in [1.807, 2.05) is 6.92 Å². The van der Waals surface area contributed by atoms with Gasteiger partial charge in [0.05, 0.1) is 23.7 Å². The summed E-state index contributed by atoms with van der Waals surface area (Å²) in [5, 5.41) is 14.6. The van der Waals surface area contributed by atoms with Crippen molar-refractivity contribution in [1.82, 2.24) is 4.90 Å². The highest BCUT2D eigenvalue weighted by atomic mass is 16.6. The van der Waals surface area contributed by atoms with Gasteiger partial charge in [-0.15, -0.1) is 0 Å². The zero-order valence-electron chi connectivity index (χ0n) is 15.2. The molecule has 0 aromatic heterocycles. The summed E-state index contributed by atoms with van der Waals surface area (Å²) in [4.78, 5) is 53.9. The zero-order chi connectivity index (χ0) is 20.0. The lowest BCUT2D eigenvalue weighted by molar-refractivity contribution is -0.384. The number of hydrogen-bond donors (Lipinski definition) is 0. The van der Waals surface area contributed by atoms with Crippen LogP contribution in [-0.4, -0.2) is 52.7 Å². The number of oxime groups is 1. The summed E-state index contributed by atoms with van der Waals surface area (Å²) in [5.74, 6) is -2.33. The average Bonchev–Trinajstić information content (AvgIpc) is 2.64. The van der Waals surface area contributed by atoms with Crippen molar-refractivity contribution in [1.29, 1.82) is 0 Å². The van der Waals surface area contributed by atoms with Gasteiger partial charge in [-0.3, -0.25) is 24.5 Å². The smallest absolute Gasteiger partial charge is 0.269 e. The number of carbonyl (C=O) groups is 3. The van der Waals surface area contributed by atoms with Crippen LogP contribution < -0.4 is 0 Å². The first-order chi connectivity index (χ1) is 12.9. The summed E-state index contributed by atoms with van der Waals surface area (Å²) >= 11 is 0. The number of likely N-dealkylation sites (tertiary alicyclic amines) is 1. The number of benzene rings is 1. The van der Waals surface area contributed by atoms with E-state index in [1.54, 1.807) is 6.92 Å². The molecule has 27 heavy (non-hydrogen) atoms. The van der Waals surface area contributed by atoms with Gasteiger partial charge < -0.3 is 9.74 Å². The fourth-order valence-corrected chi connectivity index (χ4v) is 2.86. The largest absolute Gasteiger partial charge is 0.396 e. The summed E-state index contributed by atoms with van der Waals surface area (Å²) < 4.78 is 0. The third-order valence-electron chi connectivity index (χ3n) is 4.10. The van der Waals surface area contributed by atoms with Crippen molar-refractivity contribution in [3.63, 3.8) is 0 Å². The summed E-state index contributed by atoms with van der Waals surface area (Å²) in [6.07, 6.45) is 1.16. The van der Waals surface area contributed by atoms with E-state index in [9.17, 15) is 24.5 Å². The molecule has 9 nitrogen and oxygen atoms in total. The second-order valence-electron chi connectivity index (χ2n) is 6.08. The van der Waals surface area contributed by atoms with E-state index in [2.05, 4.69) is 5.16 Å². The first-order valence-electron chi connectivity index (χ1n) is 8.66. The Morgan fingerprint density at radius 1 is 1.22 bits per heavy atom. The lowest BCUT2D eigenvalue weighted by Gasteiger charge is -2.30. The van der Waals surface area contributed by atoms with Gasteiger partial charge in [-0.1, -0.05) is 18.5 Å². The SMILES string of the molecule is CCC/C(=N\OCC)C1C(=O)CN(C(=O)c2ccc([N+](=O)[O-])cc2)CC1=O. The second kappa shape index (κ2) is 9.02. The van der Waals surface area contributed by atoms with Gasteiger partial charge in [0.15, 0.2) is 11.6 Å². The molecular weight excluding hydrogens is 354 g/mol. The van der Waals surface area contributed by atoms with E-state index in [1.165, 1.54) is 24.3 Å². The lowest BCUT2D eigenvalue weighted by Crippen LogP contribution is -2.52. The third-order valence-corrected chi connectivity index (χ3v) is 4.10. The minimum absolute atomic E-state index is 0.145. The average molecular weight is 375 g/mol. The normalized spacial score (nSPS) is 15.8. The number of ketones is 2. The molecule has 0 saturated carbocycles. The molecule has 1 aromatic rings. The molecule has 1 heterocycles. The van der Waals surface area contributed by atoms with E-state index in [0.29, 0.717) is 25.2 Å². The number of hydrogen-bond acceptors (Lipinski definition) is 7. The second-order valence-corrected chi connectivity index (χ2v) is 6.08. The van der Waals surface area contributed by atoms with Crippen LogP contribution in [0.3, 0.4) is 0 Å². The van der Waals surface area contributed by atoms with Gasteiger partial charge in [0.2, 0.25) is 0 Å². The van der Waals surface area contributed by atoms with Gasteiger partial charge in [-0.2, -0.15) is 0 Å². The van der Waals surface area contributed by atoms with Crippen LogP contribution in [-0.2, 0) is 14.4 Å². The number of amides is 1. The number of rotatable bonds is 7. The van der Waals surface area contributed by atoms with Gasteiger partial charge in [-0.25, -0.2) is 0 Å². The molecule has 1 saturated heterocycles. The number of carbonyl (C=O) groups excluding carboxylic acids is 3. The van der Waals surface area contributed by atoms with Crippen LogP contribution in [0.15, 0.2) is 29.4 Å². The van der Waals surface area contributed by atoms with Crippen molar-refractivity contribution in [3.05, 3.63) is 39.9 Å². The van der Waals surface area contributed by atoms with E-state index in [-0.39, 0.29) is 24.3 Å². The Kier molecular flexibility index (Phi) is 6.75. The van der Waals surface area contributed by atoms with Crippen molar-refractivity contribution in [2.45, 2.75) is 26.7 Å². The fourth-order valence-electron chi connectivity index (χ4n) is 2.86. The molecule has 0 spiro atoms. The van der Waals surface area contributed by atoms with Crippen LogP contribution in [0.5, 0.6) is 0 Å². The molecule has 0 radical (unpaired) electrons. The molecule has 1 aromatic carbocycles. The van der Waals surface area contributed by atoms with Gasteiger partial charge in [-0.05, 0) is 25.5 Å². The standard InChI is InChI=1S/C18H21N3O6/c1-3-5-14(19-27-4-2)17-15(22)10-20(11-16(17)23)18(24)12-6-8-13(9-7-12)21(25)26/h6-9,17H,3-5,10-11H2,1-2H3/b19-14+. The molecule has 0 aliphatic carbocycles. The van der Waals surface area contributed by atoms with Crippen LogP contribution in [0, 0.1) is 16.0 Å². The van der Waals surface area contributed by atoms with Crippen LogP contribution in [0.4, 0.5) is 5.69 Å². The molecule has 144 valence electrons. The molecule has 0 bridgehead atoms. The maximum Gasteiger partial charge on any atom is 0.269 e. The predicted molar refractivity (Wildman–Crippen MR) is 96.5 cm³/mol. The number of non-ortho nitro benzene ring substituents is 1. The highest BCUT2D eigenvalue weighted by molar-refractivity contribution is 6.24. The Balaban J connectivity index is 2.15. The number of nitro groups is 1. The molecular formula is C18H21N3O6. The quantitative estimate of drug-likeness (QED) is 0.311. The number of piperidine rings is 1. The fraction of sp³-hybridized carbons (Fsp3) is 0.444. The summed E-state index contributed by atoms with van der Waals surface area (Å²) in [7, 11) is 0. The molecule has 1 fully saturated rings. The molecule has 0 atom stereocenters. The van der Waals surface area contributed by atoms with Crippen LogP contribution >= 0.6 is 0 Å². The van der Waals surface area contributed by atoms with Gasteiger partial charge in [0, 0.05) is 17.7 Å². The van der Waals surface area contributed by atoms with Gasteiger partial charge >= 0.3 is 0 Å². The monoisotopic (exact) mass is 375 g/mol. The molecule has 2 rings (SSSR count).